The molecule has 2 N–H and O–H groups in total. The van der Waals surface area contributed by atoms with E-state index in [9.17, 15) is 0 Å². The monoisotopic (exact) mass is 291 g/mol. The summed E-state index contributed by atoms with van der Waals surface area (Å²) in [5, 5.41) is 0.571. The molecule has 0 bridgehead atoms. The van der Waals surface area contributed by atoms with Crippen LogP contribution in [0.1, 0.15) is 13.8 Å². The number of halogens is 2. The van der Waals surface area contributed by atoms with Gasteiger partial charge in [-0.2, -0.15) is 0 Å². The van der Waals surface area contributed by atoms with Crippen LogP contribution < -0.4 is 5.73 Å². The summed E-state index contributed by atoms with van der Waals surface area (Å²) < 4.78 is 0. The van der Waals surface area contributed by atoms with E-state index < -0.39 is 0 Å². The van der Waals surface area contributed by atoms with E-state index >= 15 is 0 Å². The zero-order valence-electron chi connectivity index (χ0n) is 11.2. The van der Waals surface area contributed by atoms with E-state index in [4.69, 9.17) is 28.9 Å². The minimum atomic E-state index is -0.153. The molecule has 0 saturated carbocycles. The van der Waals surface area contributed by atoms with Gasteiger partial charge in [-0.05, 0) is 19.9 Å². The fourth-order valence-corrected chi connectivity index (χ4v) is 2.39. The van der Waals surface area contributed by atoms with E-state index in [-0.39, 0.29) is 5.38 Å². The second-order valence-electron chi connectivity index (χ2n) is 4.47. The Morgan fingerprint density at radius 2 is 1.94 bits per heavy atom. The summed E-state index contributed by atoms with van der Waals surface area (Å²) in [6.45, 7) is 9.58. The minimum absolute atomic E-state index is 0.153. The molecule has 1 unspecified atom stereocenters. The molecule has 1 saturated heterocycles. The van der Waals surface area contributed by atoms with Gasteiger partial charge in [0.25, 0.3) is 0 Å². The molecule has 1 atom stereocenters. The molecule has 0 spiro atoms. The maximum absolute atomic E-state index is 6.31. The molecule has 0 aliphatic carbocycles. The number of rotatable bonds is 5. The lowest BCUT2D eigenvalue weighted by Gasteiger charge is -2.37. The number of piperazine rings is 1. The van der Waals surface area contributed by atoms with E-state index in [1.54, 1.807) is 0 Å². The average Bonchev–Trinajstić information content (AvgIpc) is 2.36. The van der Waals surface area contributed by atoms with Crippen molar-refractivity contribution in [3.8, 4) is 0 Å². The average molecular weight is 292 g/mol. The summed E-state index contributed by atoms with van der Waals surface area (Å²) in [5.41, 5.74) is 6.63. The number of nitrogens with two attached hydrogens (primary N) is 1. The van der Waals surface area contributed by atoms with E-state index in [0.717, 1.165) is 50.0 Å². The lowest BCUT2D eigenvalue weighted by molar-refractivity contribution is 0.165. The van der Waals surface area contributed by atoms with Crippen LogP contribution in [0.4, 0.5) is 0 Å². The highest BCUT2D eigenvalue weighted by Gasteiger charge is 2.20. The largest absolute Gasteiger partial charge is 0.368 e. The maximum Gasteiger partial charge on any atom is 0.0685 e. The fourth-order valence-electron chi connectivity index (χ4n) is 2.09. The molecule has 0 aromatic heterocycles. The highest BCUT2D eigenvalue weighted by molar-refractivity contribution is 6.37. The Balaban J connectivity index is 2.70. The molecule has 0 aromatic rings. The lowest BCUT2D eigenvalue weighted by atomic mass is 10.2. The number of nitrogens with zero attached hydrogens (tertiary/aromatic N) is 2. The molecule has 104 valence electrons. The van der Waals surface area contributed by atoms with Crippen molar-refractivity contribution < 1.29 is 0 Å². The first kappa shape index (κ1) is 15.8. The summed E-state index contributed by atoms with van der Waals surface area (Å²) in [6, 6.07) is 0. The van der Waals surface area contributed by atoms with Crippen LogP contribution in [-0.4, -0.2) is 54.4 Å². The molecule has 1 aliphatic heterocycles. The Morgan fingerprint density at radius 3 is 2.39 bits per heavy atom. The SMILES string of the molecule is C/C=C\C(=C(\Cl)C(C)Cl)N1CCN(CCN)CC1. The number of hydrogen-bond donors (Lipinski definition) is 1. The van der Waals surface area contributed by atoms with E-state index in [0.29, 0.717) is 0 Å². The Kier molecular flexibility index (Phi) is 7.08. The third kappa shape index (κ3) is 4.47. The first-order chi connectivity index (χ1) is 8.60. The number of alkyl halides is 1. The Bertz CT molecular complexity index is 305. The number of allylic oxidation sites excluding steroid dienone is 3. The minimum Gasteiger partial charge on any atom is -0.368 e. The summed E-state index contributed by atoms with van der Waals surface area (Å²) in [6.07, 6.45) is 4.04. The fraction of sp³-hybridized carbons (Fsp3) is 0.692. The summed E-state index contributed by atoms with van der Waals surface area (Å²) >= 11 is 12.4. The van der Waals surface area contributed by atoms with Crippen molar-refractivity contribution in [1.82, 2.24) is 9.80 Å². The molecular weight excluding hydrogens is 269 g/mol. The first-order valence-electron chi connectivity index (χ1n) is 6.44. The highest BCUT2D eigenvalue weighted by atomic mass is 35.5. The second kappa shape index (κ2) is 8.05. The Morgan fingerprint density at radius 1 is 1.33 bits per heavy atom. The van der Waals surface area contributed by atoms with Crippen LogP contribution in [0.5, 0.6) is 0 Å². The highest BCUT2D eigenvalue weighted by Crippen LogP contribution is 2.23. The van der Waals surface area contributed by atoms with Crippen LogP contribution in [0.2, 0.25) is 0 Å². The van der Waals surface area contributed by atoms with E-state index in [1.165, 1.54) is 0 Å². The molecule has 18 heavy (non-hydrogen) atoms. The molecule has 0 amide bonds. The molecule has 1 rings (SSSR count). The maximum atomic E-state index is 6.31. The lowest BCUT2D eigenvalue weighted by Crippen LogP contribution is -2.47. The van der Waals surface area contributed by atoms with Gasteiger partial charge in [-0.3, -0.25) is 4.90 Å². The molecule has 3 nitrogen and oxygen atoms in total. The second-order valence-corrected chi connectivity index (χ2v) is 5.53. The Hall–Kier alpha value is -0.220. The zero-order chi connectivity index (χ0) is 13.5. The van der Waals surface area contributed by atoms with Crippen molar-refractivity contribution in [1.29, 1.82) is 0 Å². The van der Waals surface area contributed by atoms with Crippen LogP contribution in [-0.2, 0) is 0 Å². The van der Waals surface area contributed by atoms with Gasteiger partial charge in [0.1, 0.15) is 0 Å². The van der Waals surface area contributed by atoms with Gasteiger partial charge >= 0.3 is 0 Å². The normalized spacial score (nSPS) is 21.3. The third-order valence-electron chi connectivity index (χ3n) is 3.08. The van der Waals surface area contributed by atoms with Crippen molar-refractivity contribution in [3.63, 3.8) is 0 Å². The molecule has 1 fully saturated rings. The summed E-state index contributed by atoms with van der Waals surface area (Å²) in [5.74, 6) is 0. The predicted molar refractivity (Wildman–Crippen MR) is 80.1 cm³/mol. The van der Waals surface area contributed by atoms with E-state index in [2.05, 4.69) is 9.80 Å². The number of hydrogen-bond acceptors (Lipinski definition) is 3. The quantitative estimate of drug-likeness (QED) is 0.623. The van der Waals surface area contributed by atoms with Crippen molar-refractivity contribution in [2.24, 2.45) is 5.73 Å². The van der Waals surface area contributed by atoms with Crippen molar-refractivity contribution in [3.05, 3.63) is 22.9 Å². The Labute approximate surface area is 120 Å². The molecule has 5 heteroatoms. The van der Waals surface area contributed by atoms with Crippen molar-refractivity contribution >= 4 is 23.2 Å². The van der Waals surface area contributed by atoms with Gasteiger partial charge in [0.15, 0.2) is 0 Å². The molecule has 0 radical (unpaired) electrons. The van der Waals surface area contributed by atoms with Gasteiger partial charge in [-0.25, -0.2) is 0 Å². The third-order valence-corrected chi connectivity index (χ3v) is 3.93. The molecular formula is C13H23Cl2N3. The first-order valence-corrected chi connectivity index (χ1v) is 7.25. The van der Waals surface area contributed by atoms with Gasteiger partial charge in [0, 0.05) is 39.3 Å². The van der Waals surface area contributed by atoms with Crippen molar-refractivity contribution in [2.75, 3.05) is 39.3 Å². The summed E-state index contributed by atoms with van der Waals surface area (Å²) in [7, 11) is 0. The van der Waals surface area contributed by atoms with Crippen LogP contribution in [0.15, 0.2) is 22.9 Å². The topological polar surface area (TPSA) is 32.5 Å². The molecule has 1 aliphatic rings. The van der Waals surface area contributed by atoms with Crippen LogP contribution >= 0.6 is 23.2 Å². The summed E-state index contributed by atoms with van der Waals surface area (Å²) in [4.78, 5) is 4.68. The standard InChI is InChI=1S/C13H23Cl2N3/c1-3-4-12(13(15)11(2)14)18-9-7-17(6-5-16)8-10-18/h3-4,11H,5-10,16H2,1-2H3/b4-3-,13-12-. The van der Waals surface area contributed by atoms with Gasteiger partial charge in [-0.1, -0.05) is 17.7 Å². The van der Waals surface area contributed by atoms with E-state index in [1.807, 2.05) is 26.0 Å². The van der Waals surface area contributed by atoms with Crippen molar-refractivity contribution in [2.45, 2.75) is 19.2 Å². The van der Waals surface area contributed by atoms with Gasteiger partial charge < -0.3 is 10.6 Å². The van der Waals surface area contributed by atoms with Crippen LogP contribution in [0.25, 0.3) is 0 Å². The van der Waals surface area contributed by atoms with Crippen LogP contribution in [0.3, 0.4) is 0 Å². The van der Waals surface area contributed by atoms with Crippen LogP contribution in [0, 0.1) is 0 Å². The van der Waals surface area contributed by atoms with Gasteiger partial charge in [0.2, 0.25) is 0 Å². The predicted octanol–water partition coefficient (Wildman–Crippen LogP) is 2.22. The zero-order valence-corrected chi connectivity index (χ0v) is 12.7. The van der Waals surface area contributed by atoms with Gasteiger partial charge in [0.05, 0.1) is 16.1 Å². The smallest absolute Gasteiger partial charge is 0.0685 e. The van der Waals surface area contributed by atoms with Gasteiger partial charge in [-0.15, -0.1) is 11.6 Å². The molecule has 0 aromatic carbocycles. The molecule has 1 heterocycles.